The Morgan fingerprint density at radius 1 is 1.21 bits per heavy atom. The molecule has 6 nitrogen and oxygen atoms in total. The number of amides is 1. The Morgan fingerprint density at radius 2 is 1.89 bits per heavy atom. The molecule has 1 saturated heterocycles. The Labute approximate surface area is 160 Å². The highest BCUT2D eigenvalue weighted by Crippen LogP contribution is 2.33. The molecule has 152 valence electrons. The molecule has 0 saturated carbocycles. The number of halogens is 3. The molecule has 2 aromatic rings. The summed E-state index contributed by atoms with van der Waals surface area (Å²) < 4.78 is 49.3. The molecule has 0 radical (unpaired) electrons. The molecular formula is C19H22F3N3O3. The zero-order chi connectivity index (χ0) is 20.5. The average molecular weight is 397 g/mol. The lowest BCUT2D eigenvalue weighted by Gasteiger charge is -2.32. The summed E-state index contributed by atoms with van der Waals surface area (Å²) in [7, 11) is 0. The number of carbonyl (C=O) groups is 1. The number of piperidine rings is 1. The molecule has 0 unspecified atom stereocenters. The van der Waals surface area contributed by atoms with E-state index in [2.05, 4.69) is 10.1 Å². The zero-order valence-electron chi connectivity index (χ0n) is 15.9. The number of hydrogen-bond acceptors (Lipinski definition) is 5. The third kappa shape index (κ3) is 4.82. The Hall–Kier alpha value is -2.58. The third-order valence-electron chi connectivity index (χ3n) is 4.39. The van der Waals surface area contributed by atoms with Crippen molar-refractivity contribution in [3.8, 4) is 11.4 Å². The lowest BCUT2D eigenvalue weighted by Crippen LogP contribution is -2.41. The van der Waals surface area contributed by atoms with Gasteiger partial charge in [0.05, 0.1) is 5.56 Å². The van der Waals surface area contributed by atoms with Crippen LogP contribution in [0.5, 0.6) is 0 Å². The summed E-state index contributed by atoms with van der Waals surface area (Å²) in [6.07, 6.45) is -3.56. The van der Waals surface area contributed by atoms with Crippen molar-refractivity contribution in [1.82, 2.24) is 15.0 Å². The second kappa shape index (κ2) is 7.44. The van der Waals surface area contributed by atoms with Gasteiger partial charge in [-0.3, -0.25) is 0 Å². The Balaban J connectivity index is 1.65. The van der Waals surface area contributed by atoms with Gasteiger partial charge in [0, 0.05) is 24.6 Å². The van der Waals surface area contributed by atoms with Gasteiger partial charge >= 0.3 is 12.3 Å². The first-order chi connectivity index (χ1) is 13.0. The smallest absolute Gasteiger partial charge is 0.416 e. The highest BCUT2D eigenvalue weighted by molar-refractivity contribution is 5.68. The van der Waals surface area contributed by atoms with Gasteiger partial charge in [0.25, 0.3) is 0 Å². The molecule has 1 aliphatic rings. The van der Waals surface area contributed by atoms with E-state index in [4.69, 9.17) is 9.26 Å². The second-order valence-electron chi connectivity index (χ2n) is 7.78. The van der Waals surface area contributed by atoms with E-state index in [1.54, 1.807) is 4.90 Å². The fourth-order valence-corrected chi connectivity index (χ4v) is 2.99. The molecule has 1 aliphatic heterocycles. The first kappa shape index (κ1) is 20.2. The fourth-order valence-electron chi connectivity index (χ4n) is 2.99. The number of rotatable bonds is 2. The van der Waals surface area contributed by atoms with E-state index in [9.17, 15) is 18.0 Å². The van der Waals surface area contributed by atoms with E-state index < -0.39 is 17.3 Å². The van der Waals surface area contributed by atoms with Gasteiger partial charge in [-0.15, -0.1) is 0 Å². The van der Waals surface area contributed by atoms with E-state index >= 15 is 0 Å². The van der Waals surface area contributed by atoms with Crippen molar-refractivity contribution in [3.63, 3.8) is 0 Å². The molecule has 1 fully saturated rings. The molecule has 3 rings (SSSR count). The van der Waals surface area contributed by atoms with Crippen LogP contribution in [-0.4, -0.2) is 39.8 Å². The maximum absolute atomic E-state index is 12.9. The van der Waals surface area contributed by atoms with Gasteiger partial charge in [-0.2, -0.15) is 18.2 Å². The van der Waals surface area contributed by atoms with Crippen molar-refractivity contribution < 1.29 is 27.2 Å². The van der Waals surface area contributed by atoms with Crippen LogP contribution >= 0.6 is 0 Å². The fraction of sp³-hybridized carbons (Fsp3) is 0.526. The number of hydrogen-bond donors (Lipinski definition) is 0. The maximum atomic E-state index is 12.9. The highest BCUT2D eigenvalue weighted by Gasteiger charge is 2.32. The number of alkyl halides is 3. The number of likely N-dealkylation sites (tertiary alicyclic amines) is 1. The molecule has 9 heteroatoms. The van der Waals surface area contributed by atoms with Crippen molar-refractivity contribution >= 4 is 6.09 Å². The topological polar surface area (TPSA) is 68.5 Å². The molecule has 0 aliphatic carbocycles. The highest BCUT2D eigenvalue weighted by atomic mass is 19.4. The summed E-state index contributed by atoms with van der Waals surface area (Å²) in [4.78, 5) is 18.0. The van der Waals surface area contributed by atoms with Crippen LogP contribution in [0.2, 0.25) is 0 Å². The number of carbonyl (C=O) groups excluding carboxylic acids is 1. The maximum Gasteiger partial charge on any atom is 0.416 e. The van der Waals surface area contributed by atoms with Crippen LogP contribution in [0.4, 0.5) is 18.0 Å². The summed E-state index contributed by atoms with van der Waals surface area (Å²) in [5.74, 6) is 0.442. The van der Waals surface area contributed by atoms with Crippen LogP contribution in [0, 0.1) is 0 Å². The molecule has 0 atom stereocenters. The van der Waals surface area contributed by atoms with Crippen LogP contribution in [0.15, 0.2) is 28.8 Å². The molecule has 1 aromatic carbocycles. The minimum atomic E-state index is -4.43. The monoisotopic (exact) mass is 397 g/mol. The Bertz CT molecular complexity index is 835. The van der Waals surface area contributed by atoms with E-state index in [0.717, 1.165) is 12.1 Å². The zero-order valence-corrected chi connectivity index (χ0v) is 15.9. The lowest BCUT2D eigenvalue weighted by atomic mass is 9.97. The van der Waals surface area contributed by atoms with Gasteiger partial charge in [0.15, 0.2) is 0 Å². The van der Waals surface area contributed by atoms with Crippen LogP contribution in [-0.2, 0) is 10.9 Å². The van der Waals surface area contributed by atoms with E-state index in [-0.39, 0.29) is 23.4 Å². The van der Waals surface area contributed by atoms with Crippen LogP contribution in [0.25, 0.3) is 11.4 Å². The number of benzene rings is 1. The third-order valence-corrected chi connectivity index (χ3v) is 4.39. The van der Waals surface area contributed by atoms with Gasteiger partial charge in [-0.25, -0.2) is 4.79 Å². The van der Waals surface area contributed by atoms with Gasteiger partial charge in [0.2, 0.25) is 11.7 Å². The molecule has 1 amide bonds. The molecule has 2 heterocycles. The summed E-state index contributed by atoms with van der Waals surface area (Å²) in [5.41, 5.74) is -1.07. The summed E-state index contributed by atoms with van der Waals surface area (Å²) >= 11 is 0. The number of ether oxygens (including phenoxy) is 1. The largest absolute Gasteiger partial charge is 0.444 e. The predicted octanol–water partition coefficient (Wildman–Crippen LogP) is 4.87. The van der Waals surface area contributed by atoms with Gasteiger partial charge in [-0.05, 0) is 45.7 Å². The van der Waals surface area contributed by atoms with Crippen LogP contribution in [0.3, 0.4) is 0 Å². The first-order valence-electron chi connectivity index (χ1n) is 9.02. The summed E-state index contributed by atoms with van der Waals surface area (Å²) in [5, 5.41) is 3.83. The first-order valence-corrected chi connectivity index (χ1v) is 9.02. The summed E-state index contributed by atoms with van der Waals surface area (Å²) in [6, 6.07) is 4.82. The second-order valence-corrected chi connectivity index (χ2v) is 7.78. The normalized spacial score (nSPS) is 16.3. The van der Waals surface area contributed by atoms with Crippen molar-refractivity contribution in [2.24, 2.45) is 0 Å². The van der Waals surface area contributed by atoms with Crippen molar-refractivity contribution in [2.45, 2.75) is 51.3 Å². The lowest BCUT2D eigenvalue weighted by molar-refractivity contribution is -0.137. The van der Waals surface area contributed by atoms with Gasteiger partial charge < -0.3 is 14.2 Å². The SMILES string of the molecule is CC(C)(C)OC(=O)N1CCC(c2nc(-c3cccc(C(F)(F)F)c3)no2)CC1. The molecular weight excluding hydrogens is 375 g/mol. The molecule has 28 heavy (non-hydrogen) atoms. The van der Waals surface area contributed by atoms with E-state index in [1.165, 1.54) is 12.1 Å². The molecule has 0 bridgehead atoms. The minimum Gasteiger partial charge on any atom is -0.444 e. The Morgan fingerprint density at radius 3 is 2.50 bits per heavy atom. The summed E-state index contributed by atoms with van der Waals surface area (Å²) in [6.45, 7) is 6.41. The van der Waals surface area contributed by atoms with Crippen molar-refractivity contribution in [3.05, 3.63) is 35.7 Å². The van der Waals surface area contributed by atoms with Crippen LogP contribution < -0.4 is 0 Å². The number of nitrogens with zero attached hydrogens (tertiary/aromatic N) is 3. The molecule has 0 N–H and O–H groups in total. The number of aromatic nitrogens is 2. The average Bonchev–Trinajstić information content (AvgIpc) is 3.10. The van der Waals surface area contributed by atoms with E-state index in [1.807, 2.05) is 20.8 Å². The standard InChI is InChI=1S/C19H22F3N3O3/c1-18(2,3)27-17(26)25-9-7-12(8-10-25)16-23-15(24-28-16)13-5-4-6-14(11-13)19(20,21)22/h4-6,11-12H,7-10H2,1-3H3. The Kier molecular flexibility index (Phi) is 5.36. The minimum absolute atomic E-state index is 0.0502. The predicted molar refractivity (Wildman–Crippen MR) is 94.5 cm³/mol. The van der Waals surface area contributed by atoms with Crippen molar-refractivity contribution in [2.75, 3.05) is 13.1 Å². The quantitative estimate of drug-likeness (QED) is 0.723. The van der Waals surface area contributed by atoms with Crippen LogP contribution in [0.1, 0.15) is 51.0 Å². The van der Waals surface area contributed by atoms with Gasteiger partial charge in [-0.1, -0.05) is 17.3 Å². The van der Waals surface area contributed by atoms with Crippen molar-refractivity contribution in [1.29, 1.82) is 0 Å². The molecule has 1 aromatic heterocycles. The van der Waals surface area contributed by atoms with Gasteiger partial charge in [0.1, 0.15) is 5.60 Å². The van der Waals surface area contributed by atoms with E-state index in [0.29, 0.717) is 31.8 Å². The molecule has 0 spiro atoms.